The third-order valence-corrected chi connectivity index (χ3v) is 3.18. The number of amides is 1. The lowest BCUT2D eigenvalue weighted by molar-refractivity contribution is -0.122. The fourth-order valence-electron chi connectivity index (χ4n) is 2.60. The minimum atomic E-state index is -0.255. The summed E-state index contributed by atoms with van der Waals surface area (Å²) in [7, 11) is 0. The lowest BCUT2D eigenvalue weighted by atomic mass is 9.80. The van der Waals surface area contributed by atoms with E-state index in [1.165, 1.54) is 0 Å². The SMILES string of the molecule is CC(C)C(C(C)C)C1N=C(NC(C)(C)C)NC1=O. The Morgan fingerprint density at radius 3 is 2.06 bits per heavy atom. The smallest absolute Gasteiger partial charge is 0.251 e. The van der Waals surface area contributed by atoms with Crippen LogP contribution < -0.4 is 10.6 Å². The molecule has 1 atom stereocenters. The first-order chi connectivity index (χ1) is 8.11. The van der Waals surface area contributed by atoms with Gasteiger partial charge < -0.3 is 5.32 Å². The number of hydrogen-bond acceptors (Lipinski definition) is 3. The highest BCUT2D eigenvalue weighted by Crippen LogP contribution is 2.28. The van der Waals surface area contributed by atoms with Crippen LogP contribution in [-0.4, -0.2) is 23.4 Å². The van der Waals surface area contributed by atoms with Gasteiger partial charge in [0, 0.05) is 5.54 Å². The van der Waals surface area contributed by atoms with Gasteiger partial charge in [0.1, 0.15) is 6.04 Å². The molecular formula is C14H27N3O. The molecule has 0 fully saturated rings. The summed E-state index contributed by atoms with van der Waals surface area (Å²) >= 11 is 0. The largest absolute Gasteiger partial charge is 0.351 e. The summed E-state index contributed by atoms with van der Waals surface area (Å²) in [5, 5.41) is 6.08. The summed E-state index contributed by atoms with van der Waals surface area (Å²) in [4.78, 5) is 16.6. The maximum absolute atomic E-state index is 12.1. The molecule has 0 aliphatic carbocycles. The fraction of sp³-hybridized carbons (Fsp3) is 0.857. The average Bonchev–Trinajstić information content (AvgIpc) is 2.42. The number of carbonyl (C=O) groups is 1. The second kappa shape index (κ2) is 5.29. The number of guanidine groups is 1. The molecule has 1 heterocycles. The number of rotatable bonds is 3. The van der Waals surface area contributed by atoms with E-state index in [1.54, 1.807) is 0 Å². The van der Waals surface area contributed by atoms with Crippen LogP contribution >= 0.6 is 0 Å². The molecule has 1 aliphatic heterocycles. The van der Waals surface area contributed by atoms with Crippen molar-refractivity contribution in [2.45, 2.75) is 60.0 Å². The Morgan fingerprint density at radius 1 is 1.17 bits per heavy atom. The molecule has 1 rings (SSSR count). The molecule has 0 aromatic rings. The molecule has 0 aromatic carbocycles. The quantitative estimate of drug-likeness (QED) is 0.810. The molecule has 0 spiro atoms. The Bertz CT molecular complexity index is 331. The number of nitrogens with one attached hydrogen (secondary N) is 2. The molecule has 104 valence electrons. The molecule has 2 N–H and O–H groups in total. The van der Waals surface area contributed by atoms with Gasteiger partial charge in [0.05, 0.1) is 0 Å². The van der Waals surface area contributed by atoms with Gasteiger partial charge in [-0.05, 0) is 38.5 Å². The van der Waals surface area contributed by atoms with Crippen LogP contribution in [0.1, 0.15) is 48.5 Å². The minimum Gasteiger partial charge on any atom is -0.351 e. The molecule has 1 aliphatic rings. The first kappa shape index (κ1) is 15.0. The van der Waals surface area contributed by atoms with E-state index < -0.39 is 0 Å². The zero-order valence-corrected chi connectivity index (χ0v) is 12.7. The third-order valence-electron chi connectivity index (χ3n) is 3.18. The van der Waals surface area contributed by atoms with E-state index in [2.05, 4.69) is 64.1 Å². The van der Waals surface area contributed by atoms with Crippen molar-refractivity contribution in [3.63, 3.8) is 0 Å². The summed E-state index contributed by atoms with van der Waals surface area (Å²) in [6.45, 7) is 14.8. The van der Waals surface area contributed by atoms with Gasteiger partial charge in [-0.15, -0.1) is 0 Å². The van der Waals surface area contributed by atoms with Gasteiger partial charge in [0.2, 0.25) is 0 Å². The Morgan fingerprint density at radius 2 is 1.67 bits per heavy atom. The third kappa shape index (κ3) is 3.72. The Kier molecular flexibility index (Phi) is 4.41. The van der Waals surface area contributed by atoms with Crippen molar-refractivity contribution in [2.75, 3.05) is 0 Å². The van der Waals surface area contributed by atoms with Gasteiger partial charge in [-0.3, -0.25) is 10.1 Å². The van der Waals surface area contributed by atoms with Crippen LogP contribution in [0.3, 0.4) is 0 Å². The van der Waals surface area contributed by atoms with Crippen LogP contribution in [0.15, 0.2) is 4.99 Å². The van der Waals surface area contributed by atoms with Crippen LogP contribution in [0.25, 0.3) is 0 Å². The summed E-state index contributed by atoms with van der Waals surface area (Å²) in [5.41, 5.74) is -0.0911. The fourth-order valence-corrected chi connectivity index (χ4v) is 2.60. The highest BCUT2D eigenvalue weighted by molar-refractivity contribution is 6.05. The maximum Gasteiger partial charge on any atom is 0.251 e. The Labute approximate surface area is 111 Å². The topological polar surface area (TPSA) is 53.5 Å². The van der Waals surface area contributed by atoms with Crippen LogP contribution in [-0.2, 0) is 4.79 Å². The van der Waals surface area contributed by atoms with Crippen LogP contribution in [0, 0.1) is 17.8 Å². The molecule has 1 amide bonds. The van der Waals surface area contributed by atoms with E-state index in [0.29, 0.717) is 17.8 Å². The maximum atomic E-state index is 12.1. The molecule has 4 heteroatoms. The van der Waals surface area contributed by atoms with E-state index in [-0.39, 0.29) is 23.4 Å². The predicted octanol–water partition coefficient (Wildman–Crippen LogP) is 2.16. The molecule has 0 bridgehead atoms. The van der Waals surface area contributed by atoms with E-state index in [1.807, 2.05) is 0 Å². The zero-order chi connectivity index (χ0) is 14.1. The summed E-state index contributed by atoms with van der Waals surface area (Å²) < 4.78 is 0. The van der Waals surface area contributed by atoms with Crippen molar-refractivity contribution in [2.24, 2.45) is 22.7 Å². The molecule has 4 nitrogen and oxygen atoms in total. The van der Waals surface area contributed by atoms with Gasteiger partial charge in [-0.25, -0.2) is 4.99 Å². The van der Waals surface area contributed by atoms with Crippen LogP contribution in [0.5, 0.6) is 0 Å². The first-order valence-electron chi connectivity index (χ1n) is 6.78. The van der Waals surface area contributed by atoms with E-state index in [0.717, 1.165) is 0 Å². The minimum absolute atomic E-state index is 0.0224. The Balaban J connectivity index is 2.86. The van der Waals surface area contributed by atoms with Crippen molar-refractivity contribution in [3.8, 4) is 0 Å². The normalized spacial score (nSPS) is 20.7. The van der Waals surface area contributed by atoms with Gasteiger partial charge in [0.15, 0.2) is 5.96 Å². The highest BCUT2D eigenvalue weighted by Gasteiger charge is 2.37. The van der Waals surface area contributed by atoms with Crippen molar-refractivity contribution in [1.29, 1.82) is 0 Å². The molecule has 0 aromatic heterocycles. The average molecular weight is 253 g/mol. The lowest BCUT2D eigenvalue weighted by Gasteiger charge is -2.27. The van der Waals surface area contributed by atoms with E-state index in [9.17, 15) is 4.79 Å². The van der Waals surface area contributed by atoms with Crippen LogP contribution in [0.2, 0.25) is 0 Å². The van der Waals surface area contributed by atoms with Gasteiger partial charge in [0.25, 0.3) is 5.91 Å². The lowest BCUT2D eigenvalue weighted by Crippen LogP contribution is -2.47. The second-order valence-corrected chi connectivity index (χ2v) is 6.85. The van der Waals surface area contributed by atoms with Crippen molar-refractivity contribution >= 4 is 11.9 Å². The highest BCUT2D eigenvalue weighted by atomic mass is 16.2. The van der Waals surface area contributed by atoms with Crippen molar-refractivity contribution < 1.29 is 4.79 Å². The number of nitrogens with zero attached hydrogens (tertiary/aromatic N) is 1. The Hall–Kier alpha value is -1.06. The van der Waals surface area contributed by atoms with Gasteiger partial charge in [-0.1, -0.05) is 27.7 Å². The number of hydrogen-bond donors (Lipinski definition) is 2. The molecule has 0 saturated carbocycles. The van der Waals surface area contributed by atoms with Gasteiger partial charge >= 0.3 is 0 Å². The standard InChI is InChI=1S/C14H27N3O/c1-8(2)10(9(3)4)11-12(18)16-13(15-11)17-14(5,6)7/h8-11H,1-7H3,(H2,15,16,17,18). The molecule has 18 heavy (non-hydrogen) atoms. The van der Waals surface area contributed by atoms with Crippen molar-refractivity contribution in [3.05, 3.63) is 0 Å². The van der Waals surface area contributed by atoms with Crippen LogP contribution in [0.4, 0.5) is 0 Å². The number of aliphatic imine (C=N–C) groups is 1. The van der Waals surface area contributed by atoms with E-state index in [4.69, 9.17) is 0 Å². The molecule has 0 saturated heterocycles. The molecule has 0 radical (unpaired) electrons. The number of carbonyl (C=O) groups excluding carboxylic acids is 1. The summed E-state index contributed by atoms with van der Waals surface area (Å²) in [6, 6.07) is -0.255. The molecular weight excluding hydrogens is 226 g/mol. The first-order valence-corrected chi connectivity index (χ1v) is 6.78. The molecule has 1 unspecified atom stereocenters. The van der Waals surface area contributed by atoms with E-state index >= 15 is 0 Å². The zero-order valence-electron chi connectivity index (χ0n) is 12.7. The van der Waals surface area contributed by atoms with Crippen molar-refractivity contribution in [1.82, 2.24) is 10.6 Å². The van der Waals surface area contributed by atoms with Gasteiger partial charge in [-0.2, -0.15) is 0 Å². The summed E-state index contributed by atoms with van der Waals surface area (Å²) in [5.74, 6) is 1.80. The predicted molar refractivity (Wildman–Crippen MR) is 75.4 cm³/mol. The second-order valence-electron chi connectivity index (χ2n) is 6.85. The monoisotopic (exact) mass is 253 g/mol. The summed E-state index contributed by atoms with van der Waals surface area (Å²) in [6.07, 6.45) is 0.